The van der Waals surface area contributed by atoms with Gasteiger partial charge >= 0.3 is 6.01 Å². The van der Waals surface area contributed by atoms with Gasteiger partial charge in [-0.2, -0.15) is 9.97 Å². The molecule has 2 aromatic carbocycles. The monoisotopic (exact) mass is 541 g/mol. The van der Waals surface area contributed by atoms with Gasteiger partial charge in [0.1, 0.15) is 12.4 Å². The van der Waals surface area contributed by atoms with Gasteiger partial charge < -0.3 is 19.4 Å². The van der Waals surface area contributed by atoms with E-state index >= 15 is 0 Å². The van der Waals surface area contributed by atoms with Crippen molar-refractivity contribution in [2.75, 3.05) is 38.2 Å². The molecule has 4 aliphatic rings. The number of rotatable bonds is 6. The van der Waals surface area contributed by atoms with Crippen molar-refractivity contribution in [3.8, 4) is 17.1 Å². The number of nitrogens with zero attached hydrogens (tertiary/aromatic N) is 5. The van der Waals surface area contributed by atoms with Crippen LogP contribution in [-0.4, -0.2) is 77.1 Å². The maximum absolute atomic E-state index is 13.6. The van der Waals surface area contributed by atoms with Gasteiger partial charge in [0.2, 0.25) is 0 Å². The summed E-state index contributed by atoms with van der Waals surface area (Å²) in [6, 6.07) is 14.0. The largest absolute Gasteiger partial charge is 0.462 e. The number of aromatic nitrogens is 2. The van der Waals surface area contributed by atoms with Gasteiger partial charge in [0.25, 0.3) is 5.91 Å². The van der Waals surface area contributed by atoms with Crippen LogP contribution < -0.4 is 9.64 Å². The number of carbonyl (C=O) groups excluding carboxylic acids is 1. The van der Waals surface area contributed by atoms with E-state index in [1.54, 1.807) is 4.90 Å². The summed E-state index contributed by atoms with van der Waals surface area (Å²) in [7, 11) is 2.14. The number of hydrogen-bond donors (Lipinski definition) is 0. The van der Waals surface area contributed by atoms with Crippen LogP contribution in [0, 0.1) is 0 Å². The molecule has 3 aliphatic heterocycles. The third-order valence-electron chi connectivity index (χ3n) is 9.50. The molecule has 1 amide bonds. The number of anilines is 1. The molecule has 7 rings (SSSR count). The van der Waals surface area contributed by atoms with Crippen LogP contribution in [0.2, 0.25) is 0 Å². The SMILES string of the molecule is C=C(F)C(=O)N1CC[C@@H]2[C@H]1CN2c1nc(OC[C@@H]2CCCN2C)nc2cc(-c3cccc4c3CCCC4)ccc12. The molecule has 40 heavy (non-hydrogen) atoms. The number of hydrogen-bond acceptors (Lipinski definition) is 6. The maximum atomic E-state index is 13.6. The summed E-state index contributed by atoms with van der Waals surface area (Å²) < 4.78 is 19.9. The summed E-state index contributed by atoms with van der Waals surface area (Å²) in [4.78, 5) is 28.4. The lowest BCUT2D eigenvalue weighted by molar-refractivity contribution is -0.130. The Hall–Kier alpha value is -3.52. The lowest BCUT2D eigenvalue weighted by Gasteiger charge is -2.47. The van der Waals surface area contributed by atoms with Crippen LogP contribution >= 0.6 is 0 Å². The minimum Gasteiger partial charge on any atom is -0.462 e. The average molecular weight is 542 g/mol. The lowest BCUT2D eigenvalue weighted by Crippen LogP contribution is -2.63. The fraction of sp³-hybridized carbons (Fsp3) is 0.469. The molecule has 0 radical (unpaired) electrons. The Bertz CT molecular complexity index is 1490. The van der Waals surface area contributed by atoms with Gasteiger partial charge in [-0.05, 0) is 92.9 Å². The molecule has 0 spiro atoms. The first-order chi connectivity index (χ1) is 19.5. The minimum absolute atomic E-state index is 0.0309. The Morgan fingerprint density at radius 2 is 1.95 bits per heavy atom. The molecule has 7 nitrogen and oxygen atoms in total. The van der Waals surface area contributed by atoms with Crippen LogP contribution in [0.3, 0.4) is 0 Å². The van der Waals surface area contributed by atoms with Gasteiger partial charge in [0.15, 0.2) is 5.83 Å². The Labute approximate surface area is 234 Å². The molecule has 3 atom stereocenters. The number of likely N-dealkylation sites (tertiary alicyclic amines) is 2. The summed E-state index contributed by atoms with van der Waals surface area (Å²) in [6.07, 6.45) is 7.79. The van der Waals surface area contributed by atoms with E-state index in [0.717, 1.165) is 54.5 Å². The van der Waals surface area contributed by atoms with Crippen LogP contribution in [0.25, 0.3) is 22.0 Å². The zero-order chi connectivity index (χ0) is 27.4. The number of benzene rings is 2. The summed E-state index contributed by atoms with van der Waals surface area (Å²) in [5, 5.41) is 0.969. The number of ether oxygens (including phenoxy) is 1. The van der Waals surface area contributed by atoms with Crippen molar-refractivity contribution in [1.29, 1.82) is 0 Å². The van der Waals surface area contributed by atoms with Crippen molar-refractivity contribution in [2.45, 2.75) is 63.1 Å². The second-order valence-electron chi connectivity index (χ2n) is 11.8. The summed E-state index contributed by atoms with van der Waals surface area (Å²) in [5.41, 5.74) is 6.23. The quantitative estimate of drug-likeness (QED) is 0.413. The van der Waals surface area contributed by atoms with Crippen LogP contribution in [0.15, 0.2) is 48.8 Å². The summed E-state index contributed by atoms with van der Waals surface area (Å²) in [5.74, 6) is -0.661. The molecule has 1 aliphatic carbocycles. The Kier molecular flexibility index (Phi) is 6.45. The Morgan fingerprint density at radius 1 is 1.07 bits per heavy atom. The highest BCUT2D eigenvalue weighted by Crippen LogP contribution is 2.41. The molecule has 208 valence electrons. The normalized spacial score (nSPS) is 24.1. The lowest BCUT2D eigenvalue weighted by atomic mass is 9.86. The zero-order valence-electron chi connectivity index (χ0n) is 23.1. The number of halogens is 1. The molecule has 3 saturated heterocycles. The third kappa shape index (κ3) is 4.33. The van der Waals surface area contributed by atoms with Crippen molar-refractivity contribution in [3.05, 3.63) is 59.9 Å². The van der Waals surface area contributed by atoms with Crippen molar-refractivity contribution in [3.63, 3.8) is 0 Å². The molecule has 3 fully saturated rings. The number of likely N-dealkylation sites (N-methyl/N-ethyl adjacent to an activating group) is 1. The van der Waals surface area contributed by atoms with Crippen LogP contribution in [0.4, 0.5) is 10.2 Å². The number of carbonyl (C=O) groups is 1. The number of aryl methyl sites for hydroxylation is 1. The van der Waals surface area contributed by atoms with Crippen LogP contribution in [0.5, 0.6) is 6.01 Å². The predicted molar refractivity (Wildman–Crippen MR) is 154 cm³/mol. The second kappa shape index (κ2) is 10.1. The fourth-order valence-electron chi connectivity index (χ4n) is 7.23. The molecule has 0 bridgehead atoms. The maximum Gasteiger partial charge on any atom is 0.319 e. The van der Waals surface area contributed by atoms with E-state index in [2.05, 4.69) is 59.8 Å². The highest BCUT2D eigenvalue weighted by molar-refractivity contribution is 5.95. The van der Waals surface area contributed by atoms with E-state index in [1.165, 1.54) is 36.0 Å². The summed E-state index contributed by atoms with van der Waals surface area (Å²) in [6.45, 7) is 5.99. The van der Waals surface area contributed by atoms with Crippen molar-refractivity contribution in [1.82, 2.24) is 19.8 Å². The van der Waals surface area contributed by atoms with Gasteiger partial charge in [-0.15, -0.1) is 0 Å². The first-order valence-corrected chi connectivity index (χ1v) is 14.7. The van der Waals surface area contributed by atoms with E-state index < -0.39 is 11.7 Å². The average Bonchev–Trinajstić information content (AvgIpc) is 3.52. The summed E-state index contributed by atoms with van der Waals surface area (Å²) >= 11 is 0. The number of fused-ring (bicyclic) bond motifs is 3. The van der Waals surface area contributed by atoms with Gasteiger partial charge in [-0.25, -0.2) is 4.39 Å². The number of amides is 1. The van der Waals surface area contributed by atoms with E-state index in [9.17, 15) is 9.18 Å². The van der Waals surface area contributed by atoms with E-state index in [4.69, 9.17) is 14.7 Å². The molecule has 0 saturated carbocycles. The predicted octanol–water partition coefficient (Wildman–Crippen LogP) is 4.92. The van der Waals surface area contributed by atoms with Crippen molar-refractivity contribution < 1.29 is 13.9 Å². The smallest absolute Gasteiger partial charge is 0.319 e. The van der Waals surface area contributed by atoms with Gasteiger partial charge in [0, 0.05) is 24.5 Å². The topological polar surface area (TPSA) is 61.8 Å². The first-order valence-electron chi connectivity index (χ1n) is 14.7. The standard InChI is InChI=1S/C32H36FN5O2/c1-20(33)31(39)37-16-14-28-29(37)18-38(28)30-26-13-12-22(25-11-5-8-21-7-3-4-10-24(21)25)17-27(26)34-32(35-30)40-19-23-9-6-15-36(23)2/h5,8,11-13,17,23,28-29H,1,3-4,6-7,9-10,14-16,18-19H2,2H3/t23-,28+,29+/m0/s1. The molecule has 8 heteroatoms. The van der Waals surface area contributed by atoms with Gasteiger partial charge in [0.05, 0.1) is 17.6 Å². The van der Waals surface area contributed by atoms with Crippen LogP contribution in [0.1, 0.15) is 43.2 Å². The van der Waals surface area contributed by atoms with E-state index in [-0.39, 0.29) is 12.1 Å². The van der Waals surface area contributed by atoms with Crippen molar-refractivity contribution in [2.24, 2.45) is 0 Å². The Balaban J connectivity index is 1.25. The molecule has 1 aromatic heterocycles. The van der Waals surface area contributed by atoms with E-state index in [1.807, 2.05) is 0 Å². The van der Waals surface area contributed by atoms with Gasteiger partial charge in [-0.3, -0.25) is 4.79 Å². The van der Waals surface area contributed by atoms with Gasteiger partial charge in [-0.1, -0.05) is 30.8 Å². The fourth-order valence-corrected chi connectivity index (χ4v) is 7.23. The molecule has 0 N–H and O–H groups in total. The minimum atomic E-state index is -0.894. The molecular weight excluding hydrogens is 505 g/mol. The zero-order valence-corrected chi connectivity index (χ0v) is 23.1. The highest BCUT2D eigenvalue weighted by atomic mass is 19.1. The highest BCUT2D eigenvalue weighted by Gasteiger charge is 2.50. The third-order valence-corrected chi connectivity index (χ3v) is 9.50. The molecule has 3 aromatic rings. The molecular formula is C32H36FN5O2. The van der Waals surface area contributed by atoms with E-state index in [0.29, 0.717) is 31.7 Å². The second-order valence-corrected chi connectivity index (χ2v) is 11.8. The van der Waals surface area contributed by atoms with Crippen molar-refractivity contribution >= 4 is 22.6 Å². The molecule has 0 unspecified atom stereocenters. The first kappa shape index (κ1) is 25.4. The van der Waals surface area contributed by atoms with Crippen LogP contribution in [-0.2, 0) is 17.6 Å². The molecule has 4 heterocycles. The Morgan fingerprint density at radius 3 is 2.77 bits per heavy atom.